The molecular formula is C14H17ClO4. The van der Waals surface area contributed by atoms with E-state index in [1.54, 1.807) is 13.8 Å². The molecule has 0 heterocycles. The summed E-state index contributed by atoms with van der Waals surface area (Å²) in [4.78, 5) is 23.0. The van der Waals surface area contributed by atoms with Crippen molar-refractivity contribution in [2.45, 2.75) is 33.1 Å². The first-order chi connectivity index (χ1) is 8.88. The van der Waals surface area contributed by atoms with Crippen molar-refractivity contribution < 1.29 is 19.4 Å². The molecule has 0 saturated heterocycles. The number of ketones is 1. The third-order valence-electron chi connectivity index (χ3n) is 2.95. The molecule has 0 saturated carbocycles. The highest BCUT2D eigenvalue weighted by molar-refractivity contribution is 6.32. The van der Waals surface area contributed by atoms with Crippen LogP contribution in [0.25, 0.3) is 0 Å². The maximum absolute atomic E-state index is 12.0. The van der Waals surface area contributed by atoms with Gasteiger partial charge in [-0.2, -0.15) is 0 Å². The van der Waals surface area contributed by atoms with Crippen LogP contribution >= 0.6 is 11.6 Å². The molecule has 1 rings (SSSR count). The fourth-order valence-corrected chi connectivity index (χ4v) is 2.06. The quantitative estimate of drug-likeness (QED) is 0.666. The minimum atomic E-state index is -0.351. The molecule has 104 valence electrons. The lowest BCUT2D eigenvalue weighted by Gasteiger charge is -2.11. The van der Waals surface area contributed by atoms with Crippen molar-refractivity contribution in [3.05, 3.63) is 27.8 Å². The Balaban J connectivity index is 2.83. The van der Waals surface area contributed by atoms with Crippen molar-refractivity contribution in [1.29, 1.82) is 0 Å². The van der Waals surface area contributed by atoms with E-state index in [9.17, 15) is 14.7 Å². The van der Waals surface area contributed by atoms with Gasteiger partial charge >= 0.3 is 5.97 Å². The Hall–Kier alpha value is -1.55. The molecule has 1 N–H and O–H groups in total. The highest BCUT2D eigenvalue weighted by Gasteiger charge is 2.18. The number of phenolic OH excluding ortho intramolecular Hbond substituents is 1. The van der Waals surface area contributed by atoms with Gasteiger partial charge in [-0.05, 0) is 37.5 Å². The SMILES string of the molecule is COC(=O)CCCC(=O)c1c(O)cc(C)c(Cl)c1C. The summed E-state index contributed by atoms with van der Waals surface area (Å²) < 4.78 is 4.50. The van der Waals surface area contributed by atoms with Crippen LogP contribution in [-0.2, 0) is 9.53 Å². The molecule has 19 heavy (non-hydrogen) atoms. The predicted octanol–water partition coefficient (Wildman–Crippen LogP) is 3.19. The number of ether oxygens (including phenoxy) is 1. The van der Waals surface area contributed by atoms with Gasteiger partial charge in [-0.15, -0.1) is 0 Å². The maximum Gasteiger partial charge on any atom is 0.305 e. The van der Waals surface area contributed by atoms with Crippen LogP contribution in [0, 0.1) is 13.8 Å². The number of phenols is 1. The molecule has 0 aromatic heterocycles. The molecule has 0 aliphatic heterocycles. The van der Waals surface area contributed by atoms with Crippen LogP contribution in [0.2, 0.25) is 5.02 Å². The number of aromatic hydroxyl groups is 1. The molecule has 0 atom stereocenters. The molecule has 1 aromatic rings. The Morgan fingerprint density at radius 3 is 2.53 bits per heavy atom. The van der Waals surface area contributed by atoms with Crippen LogP contribution in [0.4, 0.5) is 0 Å². The van der Waals surface area contributed by atoms with Crippen LogP contribution in [0.1, 0.15) is 40.7 Å². The van der Waals surface area contributed by atoms with Gasteiger partial charge in [0, 0.05) is 17.9 Å². The van der Waals surface area contributed by atoms with Crippen LogP contribution < -0.4 is 0 Å². The number of esters is 1. The van der Waals surface area contributed by atoms with E-state index in [1.165, 1.54) is 13.2 Å². The number of carbonyl (C=O) groups excluding carboxylic acids is 2. The zero-order chi connectivity index (χ0) is 14.6. The molecule has 0 spiro atoms. The number of halogens is 1. The van der Waals surface area contributed by atoms with Gasteiger partial charge in [0.15, 0.2) is 5.78 Å². The van der Waals surface area contributed by atoms with Crippen molar-refractivity contribution in [3.63, 3.8) is 0 Å². The first-order valence-electron chi connectivity index (χ1n) is 5.97. The third kappa shape index (κ3) is 3.70. The van der Waals surface area contributed by atoms with Crippen molar-refractivity contribution in [2.75, 3.05) is 7.11 Å². The van der Waals surface area contributed by atoms with Crippen molar-refractivity contribution in [2.24, 2.45) is 0 Å². The Morgan fingerprint density at radius 2 is 1.95 bits per heavy atom. The topological polar surface area (TPSA) is 63.6 Å². The monoisotopic (exact) mass is 284 g/mol. The largest absolute Gasteiger partial charge is 0.507 e. The maximum atomic E-state index is 12.0. The lowest BCUT2D eigenvalue weighted by atomic mass is 9.97. The average Bonchev–Trinajstić information content (AvgIpc) is 2.35. The molecule has 0 bridgehead atoms. The Labute approximate surface area is 117 Å². The minimum Gasteiger partial charge on any atom is -0.507 e. The predicted molar refractivity (Wildman–Crippen MR) is 72.8 cm³/mol. The fourth-order valence-electron chi connectivity index (χ4n) is 1.91. The Morgan fingerprint density at radius 1 is 1.32 bits per heavy atom. The number of hydrogen-bond acceptors (Lipinski definition) is 4. The molecule has 5 heteroatoms. The van der Waals surface area contributed by atoms with E-state index in [0.717, 1.165) is 5.56 Å². The first-order valence-corrected chi connectivity index (χ1v) is 6.35. The van der Waals surface area contributed by atoms with Gasteiger partial charge in [-0.25, -0.2) is 0 Å². The number of rotatable bonds is 5. The van der Waals surface area contributed by atoms with Gasteiger partial charge in [0.05, 0.1) is 12.7 Å². The lowest BCUT2D eigenvalue weighted by Crippen LogP contribution is -2.06. The van der Waals surface area contributed by atoms with Crippen molar-refractivity contribution >= 4 is 23.4 Å². The summed E-state index contributed by atoms with van der Waals surface area (Å²) in [6, 6.07) is 1.48. The van der Waals surface area contributed by atoms with Crippen LogP contribution in [0.5, 0.6) is 5.75 Å². The van der Waals surface area contributed by atoms with Gasteiger partial charge < -0.3 is 9.84 Å². The summed E-state index contributed by atoms with van der Waals surface area (Å²) >= 11 is 6.07. The zero-order valence-electron chi connectivity index (χ0n) is 11.2. The molecule has 0 radical (unpaired) electrons. The smallest absolute Gasteiger partial charge is 0.305 e. The fraction of sp³-hybridized carbons (Fsp3) is 0.429. The summed E-state index contributed by atoms with van der Waals surface area (Å²) in [7, 11) is 1.31. The molecule has 0 aliphatic rings. The summed E-state index contributed by atoms with van der Waals surface area (Å²) in [5.41, 5.74) is 1.53. The normalized spacial score (nSPS) is 10.3. The minimum absolute atomic E-state index is 0.0672. The van der Waals surface area contributed by atoms with E-state index in [2.05, 4.69) is 4.74 Å². The number of methoxy groups -OCH3 is 1. The van der Waals surface area contributed by atoms with Gasteiger partial charge in [0.2, 0.25) is 0 Å². The molecule has 4 nitrogen and oxygen atoms in total. The molecule has 0 amide bonds. The van der Waals surface area contributed by atoms with Crippen LogP contribution in [-0.4, -0.2) is 24.0 Å². The molecule has 1 aromatic carbocycles. The van der Waals surface area contributed by atoms with Gasteiger partial charge in [0.25, 0.3) is 0 Å². The second-order valence-corrected chi connectivity index (χ2v) is 4.76. The van der Waals surface area contributed by atoms with Crippen LogP contribution in [0.15, 0.2) is 6.07 Å². The third-order valence-corrected chi connectivity index (χ3v) is 3.53. The number of hydrogen-bond donors (Lipinski definition) is 1. The molecule has 0 unspecified atom stereocenters. The van der Waals surface area contributed by atoms with E-state index in [1.807, 2.05) is 0 Å². The number of carbonyl (C=O) groups is 2. The number of Topliss-reactive ketones (excluding diaryl/α,β-unsaturated/α-hetero) is 1. The first kappa shape index (κ1) is 15.5. The van der Waals surface area contributed by atoms with E-state index in [-0.39, 0.29) is 35.9 Å². The highest BCUT2D eigenvalue weighted by atomic mass is 35.5. The Kier molecular flexibility index (Phi) is 5.36. The van der Waals surface area contributed by atoms with Crippen LogP contribution in [0.3, 0.4) is 0 Å². The van der Waals surface area contributed by atoms with E-state index in [0.29, 0.717) is 17.0 Å². The second-order valence-electron chi connectivity index (χ2n) is 4.38. The summed E-state index contributed by atoms with van der Waals surface area (Å²) in [5, 5.41) is 10.3. The molecule has 0 aliphatic carbocycles. The highest BCUT2D eigenvalue weighted by Crippen LogP contribution is 2.31. The zero-order valence-corrected chi connectivity index (χ0v) is 12.0. The second kappa shape index (κ2) is 6.57. The molecular weight excluding hydrogens is 268 g/mol. The summed E-state index contributed by atoms with van der Waals surface area (Å²) in [5.74, 6) is -0.640. The standard InChI is InChI=1S/C14H17ClO4/c1-8-7-11(17)13(9(2)14(8)15)10(16)5-4-6-12(18)19-3/h7,17H,4-6H2,1-3H3. The Bertz CT molecular complexity index is 509. The van der Waals surface area contributed by atoms with Crippen molar-refractivity contribution in [1.82, 2.24) is 0 Å². The number of benzene rings is 1. The van der Waals surface area contributed by atoms with E-state index >= 15 is 0 Å². The van der Waals surface area contributed by atoms with E-state index < -0.39 is 0 Å². The average molecular weight is 285 g/mol. The summed E-state index contributed by atoms with van der Waals surface area (Å²) in [6.45, 7) is 3.46. The van der Waals surface area contributed by atoms with Gasteiger partial charge in [0.1, 0.15) is 5.75 Å². The number of aryl methyl sites for hydroxylation is 1. The van der Waals surface area contributed by atoms with Gasteiger partial charge in [-0.1, -0.05) is 11.6 Å². The summed E-state index contributed by atoms with van der Waals surface area (Å²) in [6.07, 6.45) is 0.737. The van der Waals surface area contributed by atoms with Gasteiger partial charge in [-0.3, -0.25) is 9.59 Å². The van der Waals surface area contributed by atoms with Crippen molar-refractivity contribution in [3.8, 4) is 5.75 Å². The molecule has 0 fully saturated rings. The lowest BCUT2D eigenvalue weighted by molar-refractivity contribution is -0.140. The van der Waals surface area contributed by atoms with E-state index in [4.69, 9.17) is 11.6 Å².